The molecule has 166 valence electrons. The molecule has 0 unspecified atom stereocenters. The molecule has 0 spiro atoms. The minimum absolute atomic E-state index is 0.0629. The topological polar surface area (TPSA) is 85.3 Å². The number of sulfone groups is 1. The van der Waals surface area contributed by atoms with Crippen molar-refractivity contribution in [2.75, 3.05) is 13.2 Å². The Morgan fingerprint density at radius 3 is 2.45 bits per heavy atom. The minimum Gasteiger partial charge on any atom is -0.381 e. The summed E-state index contributed by atoms with van der Waals surface area (Å²) in [4.78, 5) is 5.20. The fourth-order valence-electron chi connectivity index (χ4n) is 4.05. The molecule has 1 N–H and O–H groups in total. The minimum atomic E-state index is -3.70. The summed E-state index contributed by atoms with van der Waals surface area (Å²) in [5, 5.41) is 9.40. The first kappa shape index (κ1) is 21.8. The molecule has 0 radical (unpaired) electrons. The van der Waals surface area contributed by atoms with Crippen LogP contribution in [0.25, 0.3) is 11.0 Å². The van der Waals surface area contributed by atoms with Gasteiger partial charge in [0.2, 0.25) is 22.2 Å². The zero-order valence-electron chi connectivity index (χ0n) is 18.3. The number of rotatable bonds is 5. The fourth-order valence-corrected chi connectivity index (χ4v) is 5.31. The maximum atomic E-state index is 13.1. The van der Waals surface area contributed by atoms with Crippen molar-refractivity contribution >= 4 is 20.9 Å². The lowest BCUT2D eigenvalue weighted by atomic mass is 9.91. The molecule has 0 atom stereocenters. The van der Waals surface area contributed by atoms with E-state index in [1.807, 2.05) is 6.07 Å². The van der Waals surface area contributed by atoms with E-state index in [9.17, 15) is 13.6 Å². The van der Waals surface area contributed by atoms with Crippen molar-refractivity contribution in [3.63, 3.8) is 0 Å². The van der Waals surface area contributed by atoms with E-state index in [0.29, 0.717) is 11.4 Å². The van der Waals surface area contributed by atoms with Crippen LogP contribution in [-0.2, 0) is 27.5 Å². The first-order valence-electron chi connectivity index (χ1n) is 10.7. The van der Waals surface area contributed by atoms with Crippen molar-refractivity contribution in [2.24, 2.45) is 11.3 Å². The Hall–Kier alpha value is -2.45. The van der Waals surface area contributed by atoms with Gasteiger partial charge in [0.1, 0.15) is 5.82 Å². The average Bonchev–Trinajstić information content (AvgIpc) is 3.03. The van der Waals surface area contributed by atoms with Crippen LogP contribution in [0.15, 0.2) is 52.5 Å². The lowest BCUT2D eigenvalue weighted by Crippen LogP contribution is -2.28. The largest absolute Gasteiger partial charge is 0.381 e. The van der Waals surface area contributed by atoms with E-state index in [0.717, 1.165) is 55.1 Å². The highest BCUT2D eigenvalue weighted by atomic mass is 32.2. The predicted octanol–water partition coefficient (Wildman–Crippen LogP) is 3.41. The van der Waals surface area contributed by atoms with E-state index in [1.165, 1.54) is 24.5 Å². The van der Waals surface area contributed by atoms with Gasteiger partial charge >= 0.3 is 0 Å². The molecule has 1 aromatic carbocycles. The van der Waals surface area contributed by atoms with Gasteiger partial charge in [-0.25, -0.2) is 13.4 Å². The van der Waals surface area contributed by atoms with Gasteiger partial charge in [-0.15, -0.1) is 0 Å². The molecule has 1 aliphatic rings. The van der Waals surface area contributed by atoms with E-state index in [-0.39, 0.29) is 15.2 Å². The summed E-state index contributed by atoms with van der Waals surface area (Å²) in [5.41, 5.74) is 1.72. The van der Waals surface area contributed by atoms with E-state index < -0.39 is 9.84 Å². The van der Waals surface area contributed by atoms with Crippen molar-refractivity contribution < 1.29 is 23.1 Å². The maximum absolute atomic E-state index is 13.1. The van der Waals surface area contributed by atoms with Gasteiger partial charge in [-0.05, 0) is 42.4 Å². The molecule has 7 nitrogen and oxygen atoms in total. The quantitative estimate of drug-likeness (QED) is 0.482. The van der Waals surface area contributed by atoms with Crippen molar-refractivity contribution in [1.82, 2.24) is 9.55 Å². The summed E-state index contributed by atoms with van der Waals surface area (Å²) >= 11 is 0. The van der Waals surface area contributed by atoms with Gasteiger partial charge in [0.25, 0.3) is 0 Å². The molecule has 4 rings (SSSR count). The number of aromatic nitrogens is 3. The zero-order chi connectivity index (χ0) is 22.2. The molecule has 1 aliphatic heterocycles. The van der Waals surface area contributed by atoms with Crippen molar-refractivity contribution in [1.29, 1.82) is 0 Å². The third-order valence-corrected chi connectivity index (χ3v) is 7.44. The molecule has 1 saturated heterocycles. The number of imidazole rings is 1. The van der Waals surface area contributed by atoms with Crippen LogP contribution in [0.5, 0.6) is 0 Å². The Balaban J connectivity index is 1.76. The van der Waals surface area contributed by atoms with Crippen LogP contribution in [-0.4, -0.2) is 36.4 Å². The first-order chi connectivity index (χ1) is 14.6. The SMILES string of the molecule is CC(C)(C)Cc1nc2cc(S(=O)(=O)c3cc[n+](O)cc3)ccc2n1CC1CCOCC1. The molecule has 0 aliphatic carbocycles. The first-order valence-corrected chi connectivity index (χ1v) is 12.1. The average molecular weight is 445 g/mol. The molecule has 3 heterocycles. The second kappa shape index (κ2) is 8.24. The van der Waals surface area contributed by atoms with E-state index in [4.69, 9.17) is 9.72 Å². The van der Waals surface area contributed by atoms with Crippen molar-refractivity contribution in [2.45, 2.75) is 56.4 Å². The molecule has 0 bridgehead atoms. The lowest BCUT2D eigenvalue weighted by molar-refractivity contribution is -0.905. The van der Waals surface area contributed by atoms with Gasteiger partial charge < -0.3 is 9.30 Å². The molecule has 0 amide bonds. The van der Waals surface area contributed by atoms with Crippen LogP contribution in [0.1, 0.15) is 39.4 Å². The van der Waals surface area contributed by atoms with Crippen LogP contribution in [0, 0.1) is 11.3 Å². The van der Waals surface area contributed by atoms with Crippen LogP contribution in [0.2, 0.25) is 0 Å². The van der Waals surface area contributed by atoms with Crippen molar-refractivity contribution in [3.05, 3.63) is 48.5 Å². The highest BCUT2D eigenvalue weighted by molar-refractivity contribution is 7.91. The Morgan fingerprint density at radius 2 is 1.81 bits per heavy atom. The molecule has 31 heavy (non-hydrogen) atoms. The Labute approximate surface area is 183 Å². The van der Waals surface area contributed by atoms with Crippen LogP contribution in [0.4, 0.5) is 0 Å². The number of hydrogen-bond acceptors (Lipinski definition) is 5. The van der Waals surface area contributed by atoms with Crippen LogP contribution in [0.3, 0.4) is 0 Å². The summed E-state index contributed by atoms with van der Waals surface area (Å²) in [6.07, 6.45) is 5.47. The Morgan fingerprint density at radius 1 is 1.13 bits per heavy atom. The molecule has 3 aromatic rings. The van der Waals surface area contributed by atoms with Crippen LogP contribution >= 0.6 is 0 Å². The van der Waals surface area contributed by atoms with Crippen LogP contribution < -0.4 is 4.73 Å². The Kier molecular flexibility index (Phi) is 5.79. The molecule has 8 heteroatoms. The third-order valence-electron chi connectivity index (χ3n) is 5.67. The standard InChI is InChI=1S/C23H30N3O4S/c1-23(2,3)15-22-24-20-14-19(31(28,29)18-6-10-25(27)11-7-18)4-5-21(20)26(22)16-17-8-12-30-13-9-17/h4-7,10-11,14,17,27H,8-9,12-13,15-16H2,1-3H3/q+1. The smallest absolute Gasteiger partial charge is 0.223 e. The van der Waals surface area contributed by atoms with E-state index in [1.54, 1.807) is 12.1 Å². The van der Waals surface area contributed by atoms with Gasteiger partial charge in [0, 0.05) is 43.0 Å². The van der Waals surface area contributed by atoms with E-state index in [2.05, 4.69) is 25.3 Å². The third kappa shape index (κ3) is 4.75. The zero-order valence-corrected chi connectivity index (χ0v) is 19.1. The summed E-state index contributed by atoms with van der Waals surface area (Å²) in [5.74, 6) is 1.52. The van der Waals surface area contributed by atoms with E-state index >= 15 is 0 Å². The predicted molar refractivity (Wildman–Crippen MR) is 116 cm³/mol. The highest BCUT2D eigenvalue weighted by Crippen LogP contribution is 2.29. The summed E-state index contributed by atoms with van der Waals surface area (Å²) in [7, 11) is -3.70. The summed E-state index contributed by atoms with van der Waals surface area (Å²) in [6, 6.07) is 7.95. The molecular formula is C23H30N3O4S+. The molecule has 2 aromatic heterocycles. The van der Waals surface area contributed by atoms with Gasteiger partial charge in [-0.2, -0.15) is 0 Å². The second-order valence-corrected chi connectivity index (χ2v) is 11.4. The normalized spacial score (nSPS) is 16.1. The number of fused-ring (bicyclic) bond motifs is 1. The highest BCUT2D eigenvalue weighted by Gasteiger charge is 2.24. The number of nitrogens with zero attached hydrogens (tertiary/aromatic N) is 3. The fraction of sp³-hybridized carbons (Fsp3) is 0.478. The van der Waals surface area contributed by atoms with Gasteiger partial charge in [-0.3, -0.25) is 5.21 Å². The maximum Gasteiger partial charge on any atom is 0.223 e. The Bertz CT molecular complexity index is 1170. The monoisotopic (exact) mass is 444 g/mol. The van der Waals surface area contributed by atoms with Gasteiger partial charge in [0.05, 0.1) is 20.8 Å². The number of ether oxygens (including phenoxy) is 1. The summed E-state index contributed by atoms with van der Waals surface area (Å²) in [6.45, 7) is 9.00. The van der Waals surface area contributed by atoms with Gasteiger partial charge in [-0.1, -0.05) is 20.8 Å². The number of pyridine rings is 1. The number of hydrogen-bond donors (Lipinski definition) is 1. The summed E-state index contributed by atoms with van der Waals surface area (Å²) < 4.78 is 34.8. The lowest BCUT2D eigenvalue weighted by Gasteiger charge is -2.25. The van der Waals surface area contributed by atoms with Gasteiger partial charge in [0.15, 0.2) is 0 Å². The molecular weight excluding hydrogens is 414 g/mol. The second-order valence-electron chi connectivity index (χ2n) is 9.50. The number of benzene rings is 1. The molecule has 1 fully saturated rings. The van der Waals surface area contributed by atoms with Crippen molar-refractivity contribution in [3.8, 4) is 0 Å². The molecule has 0 saturated carbocycles.